The molecule has 0 aliphatic carbocycles. The number of aromatic nitrogens is 1. The van der Waals surface area contributed by atoms with Crippen molar-refractivity contribution < 1.29 is 4.79 Å². The van der Waals surface area contributed by atoms with Gasteiger partial charge < -0.3 is 15.2 Å². The number of hydrogen-bond acceptors (Lipinski definition) is 2. The van der Waals surface area contributed by atoms with Crippen LogP contribution < -0.4 is 10.6 Å². The second kappa shape index (κ2) is 8.20. The predicted octanol–water partition coefficient (Wildman–Crippen LogP) is 6.47. The van der Waals surface area contributed by atoms with Crippen LogP contribution in [0.1, 0.15) is 12.5 Å². The van der Waals surface area contributed by atoms with E-state index in [1.165, 1.54) is 21.5 Å². The molecule has 0 bridgehead atoms. The average molecular weight is 454 g/mol. The van der Waals surface area contributed by atoms with Crippen molar-refractivity contribution in [3.8, 4) is 10.6 Å². The summed E-state index contributed by atoms with van der Waals surface area (Å²) in [6.45, 7) is 3.49. The molecule has 0 radical (unpaired) electrons. The molecule has 6 heteroatoms. The molecule has 142 valence electrons. The van der Waals surface area contributed by atoms with Crippen LogP contribution in [0.5, 0.6) is 0 Å². The van der Waals surface area contributed by atoms with Crippen molar-refractivity contribution in [3.63, 3.8) is 0 Å². The van der Waals surface area contributed by atoms with Crippen molar-refractivity contribution in [2.24, 2.45) is 0 Å². The molecule has 0 unspecified atom stereocenters. The summed E-state index contributed by atoms with van der Waals surface area (Å²) in [4.78, 5) is 13.7. The third kappa shape index (κ3) is 3.70. The molecule has 2 aromatic carbocycles. The molecule has 0 saturated carbocycles. The topological polar surface area (TPSA) is 46.1 Å². The number of thiophene rings is 1. The largest absolute Gasteiger partial charge is 0.340 e. The summed E-state index contributed by atoms with van der Waals surface area (Å²) in [5.41, 5.74) is 4.28. The van der Waals surface area contributed by atoms with E-state index in [0.717, 1.165) is 22.3 Å². The minimum atomic E-state index is -0.215. The van der Waals surface area contributed by atoms with Gasteiger partial charge in [-0.25, -0.2) is 4.79 Å². The van der Waals surface area contributed by atoms with Crippen molar-refractivity contribution in [1.29, 1.82) is 0 Å². The van der Waals surface area contributed by atoms with Gasteiger partial charge in [0, 0.05) is 39.7 Å². The summed E-state index contributed by atoms with van der Waals surface area (Å²) in [6, 6.07) is 19.9. The van der Waals surface area contributed by atoms with Crippen molar-refractivity contribution in [2.75, 3.05) is 5.32 Å². The lowest BCUT2D eigenvalue weighted by molar-refractivity contribution is 0.252. The Morgan fingerprint density at radius 3 is 2.57 bits per heavy atom. The highest BCUT2D eigenvalue weighted by molar-refractivity contribution is 9.10. The van der Waals surface area contributed by atoms with Gasteiger partial charge in [-0.2, -0.15) is 0 Å². The Bertz CT molecular complexity index is 1100. The minimum Gasteiger partial charge on any atom is -0.340 e. The van der Waals surface area contributed by atoms with Gasteiger partial charge in [-0.15, -0.1) is 11.3 Å². The second-order valence-electron chi connectivity index (χ2n) is 6.38. The fraction of sp³-hybridized carbons (Fsp3) is 0.136. The first-order valence-corrected chi connectivity index (χ1v) is 10.8. The van der Waals surface area contributed by atoms with Gasteiger partial charge in [0.2, 0.25) is 0 Å². The monoisotopic (exact) mass is 453 g/mol. The maximum atomic E-state index is 12.4. The van der Waals surface area contributed by atoms with E-state index in [1.54, 1.807) is 11.3 Å². The molecule has 0 fully saturated rings. The fourth-order valence-corrected chi connectivity index (χ4v) is 4.52. The normalized spacial score (nSPS) is 10.9. The summed E-state index contributed by atoms with van der Waals surface area (Å²) >= 11 is 5.12. The first-order chi connectivity index (χ1) is 13.7. The zero-order valence-electron chi connectivity index (χ0n) is 15.4. The van der Waals surface area contributed by atoms with Crippen LogP contribution in [0.15, 0.2) is 70.5 Å². The van der Waals surface area contributed by atoms with Crippen LogP contribution in [-0.2, 0) is 13.1 Å². The number of halogens is 1. The van der Waals surface area contributed by atoms with E-state index in [0.29, 0.717) is 6.54 Å². The molecule has 0 spiro atoms. The third-order valence-corrected chi connectivity index (χ3v) is 6.08. The Hall–Kier alpha value is -2.57. The summed E-state index contributed by atoms with van der Waals surface area (Å²) in [6.07, 6.45) is 0. The smallest absolute Gasteiger partial charge is 0.319 e. The number of fused-ring (bicyclic) bond motifs is 1. The lowest BCUT2D eigenvalue weighted by atomic mass is 10.1. The van der Waals surface area contributed by atoms with E-state index < -0.39 is 0 Å². The quantitative estimate of drug-likeness (QED) is 0.357. The molecule has 2 aromatic heterocycles. The number of urea groups is 1. The van der Waals surface area contributed by atoms with Crippen LogP contribution in [0.4, 0.5) is 10.5 Å². The Morgan fingerprint density at radius 2 is 1.86 bits per heavy atom. The minimum absolute atomic E-state index is 0.215. The summed E-state index contributed by atoms with van der Waals surface area (Å²) in [5.74, 6) is 0. The Balaban J connectivity index is 1.63. The number of hydrogen-bond donors (Lipinski definition) is 2. The lowest BCUT2D eigenvalue weighted by Gasteiger charge is -2.11. The maximum absolute atomic E-state index is 12.4. The highest BCUT2D eigenvalue weighted by Crippen LogP contribution is 2.36. The molecule has 4 rings (SSSR count). The van der Waals surface area contributed by atoms with Gasteiger partial charge in [0.25, 0.3) is 0 Å². The number of amides is 2. The molecular weight excluding hydrogens is 434 g/mol. The molecule has 2 heterocycles. The number of carbonyl (C=O) groups excluding carboxylic acids is 1. The van der Waals surface area contributed by atoms with Gasteiger partial charge in [-0.05, 0) is 48.7 Å². The number of para-hydroxylation sites is 1. The zero-order valence-corrected chi connectivity index (χ0v) is 17.8. The first-order valence-electron chi connectivity index (χ1n) is 9.11. The van der Waals surface area contributed by atoms with E-state index in [9.17, 15) is 4.79 Å². The third-order valence-electron chi connectivity index (χ3n) is 4.67. The maximum Gasteiger partial charge on any atom is 0.319 e. The Morgan fingerprint density at radius 1 is 1.07 bits per heavy atom. The van der Waals surface area contributed by atoms with Crippen molar-refractivity contribution >= 4 is 49.9 Å². The molecule has 4 nitrogen and oxygen atoms in total. The predicted molar refractivity (Wildman–Crippen MR) is 121 cm³/mol. The SMILES string of the molecule is CCn1c(-c2cccs2)c(CNC(=O)Nc2ccc(Br)cc2)c2ccccc21. The Kier molecular flexibility index (Phi) is 5.50. The number of aryl methyl sites for hydroxylation is 1. The fourth-order valence-electron chi connectivity index (χ4n) is 3.45. The van der Waals surface area contributed by atoms with Crippen molar-refractivity contribution in [2.45, 2.75) is 20.0 Å². The molecule has 4 aromatic rings. The Labute approximate surface area is 176 Å². The summed E-state index contributed by atoms with van der Waals surface area (Å²) in [7, 11) is 0. The summed E-state index contributed by atoms with van der Waals surface area (Å²) < 4.78 is 3.30. The zero-order chi connectivity index (χ0) is 19.5. The highest BCUT2D eigenvalue weighted by atomic mass is 79.9. The van der Waals surface area contributed by atoms with Crippen LogP contribution in [0, 0.1) is 0 Å². The van der Waals surface area contributed by atoms with Crippen molar-refractivity contribution in [1.82, 2.24) is 9.88 Å². The average Bonchev–Trinajstić information content (AvgIpc) is 3.33. The van der Waals surface area contributed by atoms with Gasteiger partial charge in [-0.1, -0.05) is 40.2 Å². The molecule has 0 aliphatic heterocycles. The standard InChI is InChI=1S/C22H20BrN3OS/c1-2-26-19-7-4-3-6-17(19)18(21(26)20-8-5-13-28-20)14-24-22(27)25-16-11-9-15(23)10-12-16/h3-13H,2,14H2,1H3,(H2,24,25,27). The van der Waals surface area contributed by atoms with Gasteiger partial charge in [0.1, 0.15) is 0 Å². The van der Waals surface area contributed by atoms with Crippen LogP contribution in [0.3, 0.4) is 0 Å². The van der Waals surface area contributed by atoms with Crippen LogP contribution in [0.2, 0.25) is 0 Å². The van der Waals surface area contributed by atoms with Gasteiger partial charge in [0.05, 0.1) is 10.6 Å². The molecule has 0 atom stereocenters. The number of rotatable bonds is 5. The van der Waals surface area contributed by atoms with Gasteiger partial charge in [0.15, 0.2) is 0 Å². The van der Waals surface area contributed by atoms with Crippen molar-refractivity contribution in [3.05, 3.63) is 76.1 Å². The number of nitrogens with zero attached hydrogens (tertiary/aromatic N) is 1. The first kappa shape index (κ1) is 18.8. The van der Waals surface area contributed by atoms with Crippen LogP contribution in [0.25, 0.3) is 21.5 Å². The molecule has 0 aliphatic rings. The lowest BCUT2D eigenvalue weighted by Crippen LogP contribution is -2.28. The van der Waals surface area contributed by atoms with E-state index in [4.69, 9.17) is 0 Å². The molecular formula is C22H20BrN3OS. The van der Waals surface area contributed by atoms with Crippen LogP contribution in [-0.4, -0.2) is 10.6 Å². The van der Waals surface area contributed by atoms with E-state index in [1.807, 2.05) is 30.3 Å². The second-order valence-corrected chi connectivity index (χ2v) is 8.24. The highest BCUT2D eigenvalue weighted by Gasteiger charge is 2.18. The number of anilines is 1. The van der Waals surface area contributed by atoms with Gasteiger partial charge in [-0.3, -0.25) is 0 Å². The summed E-state index contributed by atoms with van der Waals surface area (Å²) in [5, 5.41) is 9.18. The van der Waals surface area contributed by atoms with E-state index in [-0.39, 0.29) is 6.03 Å². The number of benzene rings is 2. The van der Waals surface area contributed by atoms with Gasteiger partial charge >= 0.3 is 6.03 Å². The molecule has 2 N–H and O–H groups in total. The van der Waals surface area contributed by atoms with Crippen LogP contribution >= 0.6 is 27.3 Å². The number of nitrogens with one attached hydrogen (secondary N) is 2. The van der Waals surface area contributed by atoms with E-state index >= 15 is 0 Å². The molecule has 28 heavy (non-hydrogen) atoms. The molecule has 2 amide bonds. The van der Waals surface area contributed by atoms with E-state index in [2.05, 4.69) is 73.8 Å². The molecule has 0 saturated heterocycles. The number of carbonyl (C=O) groups is 1.